The molecule has 0 bridgehead atoms. The Labute approximate surface area is 245 Å². The van der Waals surface area contributed by atoms with E-state index in [-0.39, 0.29) is 24.2 Å². The van der Waals surface area contributed by atoms with E-state index in [0.29, 0.717) is 59.1 Å². The normalized spacial score (nSPS) is 22.0. The summed E-state index contributed by atoms with van der Waals surface area (Å²) in [5.41, 5.74) is 3.81. The van der Waals surface area contributed by atoms with Crippen molar-refractivity contribution in [3.8, 4) is 0 Å². The van der Waals surface area contributed by atoms with Gasteiger partial charge in [0.2, 0.25) is 5.91 Å². The molecule has 12 heteroatoms. The number of amides is 1. The number of nitrogens with one attached hydrogen (secondary N) is 2. The lowest BCUT2D eigenvalue weighted by Gasteiger charge is -2.29. The molecular weight excluding hydrogens is 567 g/mol. The summed E-state index contributed by atoms with van der Waals surface area (Å²) < 4.78 is 43.3. The van der Waals surface area contributed by atoms with Crippen LogP contribution in [0.15, 0.2) is 55.1 Å². The number of anilines is 3. The minimum absolute atomic E-state index is 0.0903. The first-order chi connectivity index (χ1) is 20.2. The monoisotopic (exact) mass is 595 g/mol. The molecule has 2 unspecified atom stereocenters. The van der Waals surface area contributed by atoms with Gasteiger partial charge in [0.15, 0.2) is 5.65 Å². The van der Waals surface area contributed by atoms with Crippen LogP contribution in [0.4, 0.5) is 30.5 Å². The maximum absolute atomic E-state index is 13.8. The van der Waals surface area contributed by atoms with E-state index in [2.05, 4.69) is 20.6 Å². The van der Waals surface area contributed by atoms with Gasteiger partial charge in [-0.2, -0.15) is 13.2 Å². The predicted molar refractivity (Wildman–Crippen MR) is 154 cm³/mol. The number of aromatic nitrogens is 4. The summed E-state index contributed by atoms with van der Waals surface area (Å²) in [5.74, 6) is 1.15. The Morgan fingerprint density at radius 3 is 2.67 bits per heavy atom. The zero-order chi connectivity index (χ0) is 29.0. The molecule has 0 radical (unpaired) electrons. The Bertz CT molecular complexity index is 1650. The zero-order valence-electron chi connectivity index (χ0n) is 22.6. The molecule has 0 spiro atoms. The highest BCUT2D eigenvalue weighted by molar-refractivity contribution is 6.30. The van der Waals surface area contributed by atoms with Crippen LogP contribution in [0.25, 0.3) is 5.65 Å². The highest BCUT2D eigenvalue weighted by Gasteiger charge is 2.47. The lowest BCUT2D eigenvalue weighted by atomic mass is 10.1. The Kier molecular flexibility index (Phi) is 6.72. The van der Waals surface area contributed by atoms with Crippen LogP contribution in [0.1, 0.15) is 60.8 Å². The van der Waals surface area contributed by atoms with Gasteiger partial charge in [-0.25, -0.2) is 15.0 Å². The van der Waals surface area contributed by atoms with Crippen LogP contribution in [-0.2, 0) is 11.3 Å². The van der Waals surface area contributed by atoms with Crippen LogP contribution in [0.2, 0.25) is 5.02 Å². The van der Waals surface area contributed by atoms with Crippen molar-refractivity contribution in [2.24, 2.45) is 5.92 Å². The molecule has 7 rings (SSSR count). The zero-order valence-corrected chi connectivity index (χ0v) is 23.4. The van der Waals surface area contributed by atoms with Crippen molar-refractivity contribution in [3.63, 3.8) is 0 Å². The molecular formula is C30H29ClF3N7O. The van der Waals surface area contributed by atoms with Gasteiger partial charge in [0.1, 0.15) is 24.0 Å². The van der Waals surface area contributed by atoms with Crippen LogP contribution in [0.5, 0.6) is 0 Å². The second-order valence-corrected chi connectivity index (χ2v) is 11.9. The van der Waals surface area contributed by atoms with E-state index in [0.717, 1.165) is 30.4 Å². The van der Waals surface area contributed by atoms with E-state index < -0.39 is 12.2 Å². The quantitative estimate of drug-likeness (QED) is 0.240. The van der Waals surface area contributed by atoms with Crippen molar-refractivity contribution in [2.45, 2.75) is 62.7 Å². The molecule has 3 fully saturated rings. The molecule has 3 aromatic heterocycles. The van der Waals surface area contributed by atoms with Gasteiger partial charge in [0.05, 0.1) is 17.9 Å². The lowest BCUT2D eigenvalue weighted by Crippen LogP contribution is -2.41. The maximum atomic E-state index is 13.8. The Balaban J connectivity index is 1.05. The topological polar surface area (TPSA) is 87.5 Å². The smallest absolute Gasteiger partial charge is 0.364 e. The van der Waals surface area contributed by atoms with E-state index in [1.54, 1.807) is 6.07 Å². The fraction of sp³-hybridized carbons (Fsp3) is 0.400. The summed E-state index contributed by atoms with van der Waals surface area (Å²) in [4.78, 5) is 27.5. The largest absolute Gasteiger partial charge is 0.408 e. The molecule has 1 saturated heterocycles. The van der Waals surface area contributed by atoms with Crippen LogP contribution in [0.3, 0.4) is 0 Å². The Hall–Kier alpha value is -3.86. The molecule has 4 heterocycles. The molecule has 2 N–H and O–H groups in total. The molecule has 218 valence electrons. The van der Waals surface area contributed by atoms with Crippen molar-refractivity contribution >= 4 is 40.5 Å². The first kappa shape index (κ1) is 27.0. The number of pyridine rings is 1. The lowest BCUT2D eigenvalue weighted by molar-refractivity contribution is -0.145. The van der Waals surface area contributed by atoms with Crippen LogP contribution < -0.4 is 15.5 Å². The van der Waals surface area contributed by atoms with Gasteiger partial charge in [-0.15, -0.1) is 0 Å². The SMILES string of the molecule is O=C(Nc1cc(NCc2cn3cc(C4CC4)cc(N4CCCC4C(F)(F)F)c3n2)ncn1)[C@H]1CC1c1cccc(Cl)c1. The number of hydrogen-bond acceptors (Lipinski definition) is 6. The van der Waals surface area contributed by atoms with Crippen molar-refractivity contribution in [1.29, 1.82) is 0 Å². The van der Waals surface area contributed by atoms with Gasteiger partial charge in [-0.1, -0.05) is 23.7 Å². The third kappa shape index (κ3) is 5.49. The number of carbonyl (C=O) groups excluding carboxylic acids is 1. The number of hydrogen-bond donors (Lipinski definition) is 2. The Morgan fingerprint density at radius 1 is 1.05 bits per heavy atom. The second-order valence-electron chi connectivity index (χ2n) is 11.4. The standard InChI is InChI=1S/C30H29ClF3N7O/c31-20-4-1-3-18(9-20)22-11-23(22)29(42)39-27-12-26(36-16-37-27)35-13-21-15-40-14-19(17-6-7-17)10-24(28(40)38-21)41-8-2-5-25(41)30(32,33)34/h1,3-4,9-10,12,14-17,22-23,25H,2,5-8,11,13H2,(H2,35,36,37,39,42)/t22?,23-,25?/m0/s1. The summed E-state index contributed by atoms with van der Waals surface area (Å²) in [6.45, 7) is 0.650. The van der Waals surface area contributed by atoms with E-state index >= 15 is 0 Å². The van der Waals surface area contributed by atoms with Crippen LogP contribution in [0, 0.1) is 5.92 Å². The molecule has 1 amide bonds. The van der Waals surface area contributed by atoms with Gasteiger partial charge in [-0.05, 0) is 73.3 Å². The molecule has 1 aliphatic heterocycles. The van der Waals surface area contributed by atoms with Crippen molar-refractivity contribution in [3.05, 3.63) is 77.0 Å². The minimum atomic E-state index is -4.30. The number of rotatable bonds is 8. The number of carbonyl (C=O) groups is 1. The predicted octanol–water partition coefficient (Wildman–Crippen LogP) is 6.54. The third-order valence-electron chi connectivity index (χ3n) is 8.36. The summed E-state index contributed by atoms with van der Waals surface area (Å²) in [5, 5.41) is 6.73. The summed E-state index contributed by atoms with van der Waals surface area (Å²) in [7, 11) is 0. The van der Waals surface area contributed by atoms with Crippen molar-refractivity contribution < 1.29 is 18.0 Å². The van der Waals surface area contributed by atoms with E-state index in [1.807, 2.05) is 47.1 Å². The Morgan fingerprint density at radius 2 is 1.88 bits per heavy atom. The summed E-state index contributed by atoms with van der Waals surface area (Å²) >= 11 is 6.10. The average Bonchev–Trinajstić information content (AvgIpc) is 3.87. The van der Waals surface area contributed by atoms with Crippen LogP contribution >= 0.6 is 11.6 Å². The van der Waals surface area contributed by atoms with Crippen LogP contribution in [-0.4, -0.2) is 44.0 Å². The average molecular weight is 596 g/mol. The molecule has 2 saturated carbocycles. The summed E-state index contributed by atoms with van der Waals surface area (Å²) in [6.07, 6.45) is 4.34. The highest BCUT2D eigenvalue weighted by Crippen LogP contribution is 2.48. The van der Waals surface area contributed by atoms with Gasteiger partial charge < -0.3 is 19.9 Å². The molecule has 42 heavy (non-hydrogen) atoms. The highest BCUT2D eigenvalue weighted by atomic mass is 35.5. The fourth-order valence-electron chi connectivity index (χ4n) is 6.00. The summed E-state index contributed by atoms with van der Waals surface area (Å²) in [6, 6.07) is 9.61. The third-order valence-corrected chi connectivity index (χ3v) is 8.60. The number of imidazole rings is 1. The molecule has 4 aromatic rings. The van der Waals surface area contributed by atoms with Crippen molar-refractivity contribution in [2.75, 3.05) is 22.1 Å². The molecule has 3 atom stereocenters. The van der Waals surface area contributed by atoms with E-state index in [4.69, 9.17) is 16.6 Å². The minimum Gasteiger partial charge on any atom is -0.364 e. The van der Waals surface area contributed by atoms with Gasteiger partial charge in [0, 0.05) is 35.9 Å². The fourth-order valence-corrected chi connectivity index (χ4v) is 6.20. The number of halogens is 4. The van der Waals surface area contributed by atoms with Crippen molar-refractivity contribution in [1.82, 2.24) is 19.4 Å². The van der Waals surface area contributed by atoms with E-state index in [1.165, 1.54) is 11.2 Å². The maximum Gasteiger partial charge on any atom is 0.408 e. The molecule has 1 aromatic carbocycles. The second kappa shape index (κ2) is 10.4. The number of benzene rings is 1. The molecule has 8 nitrogen and oxygen atoms in total. The number of alkyl halides is 3. The van der Waals surface area contributed by atoms with Gasteiger partial charge >= 0.3 is 6.18 Å². The first-order valence-corrected chi connectivity index (χ1v) is 14.6. The number of fused-ring (bicyclic) bond motifs is 1. The first-order valence-electron chi connectivity index (χ1n) is 14.2. The molecule has 2 aliphatic carbocycles. The van der Waals surface area contributed by atoms with E-state index in [9.17, 15) is 18.0 Å². The molecule has 3 aliphatic rings. The number of nitrogens with zero attached hydrogens (tertiary/aromatic N) is 5. The van der Waals surface area contributed by atoms with Gasteiger partial charge in [-0.3, -0.25) is 4.79 Å². The van der Waals surface area contributed by atoms with Gasteiger partial charge in [0.25, 0.3) is 0 Å².